The van der Waals surface area contributed by atoms with Crippen LogP contribution >= 0.6 is 35.1 Å². The molecule has 20 heteroatoms. The Labute approximate surface area is 557 Å². The number of unbranched alkanes of at least 4 members (excludes halogenated alkanes) is 2. The molecule has 2 N–H and O–H groups in total. The number of H-pyrrole nitrogens is 1. The number of aliphatic hydroxyl groups excluding tert-OH is 1. The second kappa shape index (κ2) is 73.6. The van der Waals surface area contributed by atoms with E-state index in [1.165, 1.54) is 93.0 Å². The molecule has 0 saturated heterocycles. The molecule has 0 aliphatic rings. The zero-order valence-corrected chi connectivity index (χ0v) is 60.8. The molecular formula is C70H106ClFN2O12S4. The number of thioether (sulfide) groups is 2. The lowest BCUT2D eigenvalue weighted by Gasteiger charge is -2.00. The zero-order chi connectivity index (χ0) is 70.4. The van der Waals surface area contributed by atoms with Gasteiger partial charge in [0.15, 0.2) is 24.4 Å². The number of halogens is 2. The van der Waals surface area contributed by atoms with Crippen LogP contribution in [0.4, 0.5) is 4.39 Å². The van der Waals surface area contributed by atoms with Gasteiger partial charge in [0.1, 0.15) is 5.82 Å². The monoisotopic (exact) mass is 1350 g/mol. The van der Waals surface area contributed by atoms with Crippen LogP contribution in [0.15, 0.2) is 209 Å². The molecule has 0 bridgehead atoms. The first-order valence-electron chi connectivity index (χ1n) is 28.8. The van der Waals surface area contributed by atoms with Crippen LogP contribution in [0.1, 0.15) is 144 Å². The van der Waals surface area contributed by atoms with Crippen molar-refractivity contribution >= 4 is 73.4 Å². The Morgan fingerprint density at radius 1 is 0.644 bits per heavy atom. The molecule has 0 spiro atoms. The van der Waals surface area contributed by atoms with Gasteiger partial charge in [0, 0.05) is 90.3 Å². The summed E-state index contributed by atoms with van der Waals surface area (Å²) in [4.78, 5) is 45.2. The van der Waals surface area contributed by atoms with Gasteiger partial charge in [0.05, 0.1) is 23.8 Å². The molecule has 0 aliphatic heterocycles. The molecule has 1 aromatic heterocycles. The first-order chi connectivity index (χ1) is 42.9. The van der Waals surface area contributed by atoms with Crippen molar-refractivity contribution in [2.75, 3.05) is 73.0 Å². The van der Waals surface area contributed by atoms with E-state index in [9.17, 15) is 31.4 Å². The molecule has 6 aromatic carbocycles. The maximum Gasteiger partial charge on any atom is 0.296 e. The molecular weight excluding hydrogens is 1240 g/mol. The van der Waals surface area contributed by atoms with Gasteiger partial charge in [-0.3, -0.25) is 32.9 Å². The van der Waals surface area contributed by atoms with Crippen molar-refractivity contribution < 1.29 is 55.1 Å². The molecule has 0 radical (unpaired) electrons. The number of hydrogen-bond acceptors (Lipinski definition) is 14. The lowest BCUT2D eigenvalue weighted by molar-refractivity contribution is -0.445. The summed E-state index contributed by atoms with van der Waals surface area (Å²) in [6.45, 7) is 19.9. The minimum absolute atomic E-state index is 0.0417. The number of rotatable bonds is 14. The first-order valence-corrected chi connectivity index (χ1v) is 35.1. The number of ether oxygens (including phenoxy) is 2. The normalized spacial score (nSPS) is 9.58. The molecule has 2 atom stereocenters. The standard InChI is InChI=1S/C8H7FO.C8H10O.C8H8O.C7H8O3S.C7H8OS.C7H8S.C6H7NO.C5H12.C4H10O.C4H10S.C2H6O.C2H6.CH3Cl.CH3NO2/c1-6(10)7-2-4-8(9)5-3-7;2*1-7(9)8-5-3-2-4-6-8;1-10-11(8,9)7-5-3-2-4-6-7;1-9(8)7-5-3-2-4-6-7;1-8-7-5-3-2-4-6-7;1-5(8)6-3-2-4-7-6;1-3-5-4-2;2*1-3-4-5-2;1-3-2;2*1-2;1-2(3)4/h2-5H,1H3;2-7,9H,1H3;2-6H,1H3;2-6H,1H3;2-6H,1H3;2-6H,1H3;2-4,7H,1H3;3-5H2,1-2H3;2*3-4H2,1-2H3;1-2H3;1-2H3;1H3;1H3. The van der Waals surface area contributed by atoms with Gasteiger partial charge in [0.25, 0.3) is 10.1 Å². The largest absolute Gasteiger partial charge is 0.389 e. The van der Waals surface area contributed by atoms with Crippen LogP contribution in [0.25, 0.3) is 0 Å². The third-order valence-electron chi connectivity index (χ3n) is 9.52. The highest BCUT2D eigenvalue weighted by atomic mass is 35.5. The number of Topliss-reactive ketones (excluding diaryl/α,β-unsaturated/α-hetero) is 3. The third-order valence-corrected chi connectivity index (χ3v) is 13.3. The highest BCUT2D eigenvalue weighted by molar-refractivity contribution is 7.98. The maximum absolute atomic E-state index is 12.2. The van der Waals surface area contributed by atoms with E-state index in [0.717, 1.165) is 43.2 Å². The summed E-state index contributed by atoms with van der Waals surface area (Å²) in [5, 5.41) is 17.8. The highest BCUT2D eigenvalue weighted by Crippen LogP contribution is 2.12. The molecule has 506 valence electrons. The predicted molar refractivity (Wildman–Crippen MR) is 383 cm³/mol. The minimum atomic E-state index is -3.50. The number of methoxy groups -OCH3 is 2. The number of aliphatic hydroxyl groups is 1. The van der Waals surface area contributed by atoms with Crippen LogP contribution in [-0.4, -0.2) is 118 Å². The third kappa shape index (κ3) is 69.3. The number of alkyl halides is 1. The summed E-state index contributed by atoms with van der Waals surface area (Å²) in [6.07, 6.45) is 15.3. The van der Waals surface area contributed by atoms with E-state index < -0.39 is 25.8 Å². The van der Waals surface area contributed by atoms with Gasteiger partial charge in [-0.15, -0.1) is 23.4 Å². The van der Waals surface area contributed by atoms with E-state index in [1.807, 2.05) is 135 Å². The van der Waals surface area contributed by atoms with Gasteiger partial charge in [-0.1, -0.05) is 176 Å². The molecule has 7 rings (SSSR count). The number of nitro groups is 1. The van der Waals surface area contributed by atoms with E-state index in [1.54, 1.807) is 89.7 Å². The second-order valence-corrected chi connectivity index (χ2v) is 22.1. The molecule has 0 aliphatic carbocycles. The fourth-order valence-corrected chi connectivity index (χ4v) is 7.31. The van der Waals surface area contributed by atoms with Gasteiger partial charge in [-0.25, -0.2) is 4.39 Å². The fourth-order valence-electron chi connectivity index (χ4n) is 5.25. The molecule has 0 fully saturated rings. The van der Waals surface area contributed by atoms with Gasteiger partial charge in [-0.05, 0) is 130 Å². The summed E-state index contributed by atoms with van der Waals surface area (Å²) >= 11 is 8.31. The highest BCUT2D eigenvalue weighted by Gasteiger charge is 2.10. The fraction of sp³-hybridized carbons (Fsp3) is 0.386. The van der Waals surface area contributed by atoms with Crippen LogP contribution < -0.4 is 0 Å². The van der Waals surface area contributed by atoms with Crippen molar-refractivity contribution in [1.29, 1.82) is 0 Å². The zero-order valence-electron chi connectivity index (χ0n) is 56.8. The molecule has 0 amide bonds. The summed E-state index contributed by atoms with van der Waals surface area (Å²) in [6, 6.07) is 55.6. The van der Waals surface area contributed by atoms with E-state index in [4.69, 9.17) is 20.0 Å². The molecule has 0 saturated carbocycles. The maximum atomic E-state index is 12.2. The number of nitrogens with one attached hydrogen (secondary N) is 1. The first kappa shape index (κ1) is 97.5. The van der Waals surface area contributed by atoms with Gasteiger partial charge in [0.2, 0.25) is 0 Å². The Morgan fingerprint density at radius 3 is 1.24 bits per heavy atom. The van der Waals surface area contributed by atoms with Crippen molar-refractivity contribution in [3.63, 3.8) is 0 Å². The summed E-state index contributed by atoms with van der Waals surface area (Å²) in [5.74, 6) is 1.15. The van der Waals surface area contributed by atoms with Crippen LogP contribution in [-0.2, 0) is 34.6 Å². The number of carbonyl (C=O) groups is 3. The van der Waals surface area contributed by atoms with Gasteiger partial charge in [-0.2, -0.15) is 20.2 Å². The number of benzene rings is 6. The van der Waals surface area contributed by atoms with Crippen molar-refractivity contribution in [1.82, 2.24) is 4.98 Å². The Kier molecular flexibility index (Phi) is 79.7. The molecule has 14 nitrogen and oxygen atoms in total. The van der Waals surface area contributed by atoms with E-state index in [2.05, 4.69) is 77.8 Å². The molecule has 90 heavy (non-hydrogen) atoms. The average molecular weight is 1350 g/mol. The number of aromatic amines is 1. The minimum Gasteiger partial charge on any atom is -0.389 e. The Balaban J connectivity index is -0.000000168. The quantitative estimate of drug-likeness (QED) is 0.0259. The van der Waals surface area contributed by atoms with Gasteiger partial charge >= 0.3 is 0 Å². The molecule has 1 heterocycles. The van der Waals surface area contributed by atoms with Crippen molar-refractivity contribution in [3.8, 4) is 0 Å². The van der Waals surface area contributed by atoms with Crippen molar-refractivity contribution in [3.05, 3.63) is 233 Å². The SMILES string of the molecule is CC.CC(=O)c1ccc(F)cc1.CC(=O)c1ccc[nH]1.CC(=O)c1ccccc1.CC(O)c1ccccc1.CCCCC.CCCOC.CCCSC.CCl.COC.COS(=O)(=O)c1ccccc1.CS(=O)c1ccccc1.CSc1ccccc1.C[N+](=O)[O-]. The number of carbonyl (C=O) groups excluding carboxylic acids is 3. The van der Waals surface area contributed by atoms with Crippen LogP contribution in [0.2, 0.25) is 0 Å². The molecule has 2 unspecified atom stereocenters. The van der Waals surface area contributed by atoms with Crippen molar-refractivity contribution in [2.24, 2.45) is 0 Å². The predicted octanol–water partition coefficient (Wildman–Crippen LogP) is 18.8. The molecule has 7 aromatic rings. The van der Waals surface area contributed by atoms with E-state index in [0.29, 0.717) is 11.3 Å². The van der Waals surface area contributed by atoms with E-state index >= 15 is 0 Å². The van der Waals surface area contributed by atoms with Crippen LogP contribution in [0.3, 0.4) is 0 Å². The number of hydrogen-bond donors (Lipinski definition) is 2. The summed E-state index contributed by atoms with van der Waals surface area (Å²) < 4.78 is 58.2. The second-order valence-electron chi connectivity index (χ2n) is 17.1. The van der Waals surface area contributed by atoms with E-state index in [-0.39, 0.29) is 34.2 Å². The Bertz CT molecular complexity index is 2680. The number of ketones is 3. The van der Waals surface area contributed by atoms with Crippen LogP contribution in [0, 0.1) is 15.9 Å². The number of aromatic nitrogens is 1. The smallest absolute Gasteiger partial charge is 0.296 e. The lowest BCUT2D eigenvalue weighted by Crippen LogP contribution is -2.01. The summed E-state index contributed by atoms with van der Waals surface area (Å²) in [5.41, 5.74) is 2.96. The summed E-state index contributed by atoms with van der Waals surface area (Å²) in [7, 11) is 2.66. The number of nitrogens with zero attached hydrogens (tertiary/aromatic N) is 1. The Hall–Kier alpha value is -6.13. The van der Waals surface area contributed by atoms with Crippen LogP contribution in [0.5, 0.6) is 0 Å². The van der Waals surface area contributed by atoms with Crippen molar-refractivity contribution in [2.45, 2.75) is 122 Å². The topological polar surface area (TPSA) is 209 Å². The lowest BCUT2D eigenvalue weighted by atomic mass is 10.1. The average Bonchev–Trinajstić information content (AvgIpc) is 3.21. The Morgan fingerprint density at radius 2 is 1.03 bits per heavy atom. The van der Waals surface area contributed by atoms with Gasteiger partial charge < -0.3 is 19.6 Å².